The number of carbonyl (C=O) groups is 1. The van der Waals surface area contributed by atoms with Crippen LogP contribution in [0.5, 0.6) is 0 Å². The summed E-state index contributed by atoms with van der Waals surface area (Å²) in [4.78, 5) is 16.7. The van der Waals surface area contributed by atoms with Gasteiger partial charge in [0.2, 0.25) is 11.8 Å². The summed E-state index contributed by atoms with van der Waals surface area (Å²) in [7, 11) is 0. The molecule has 0 spiro atoms. The highest BCUT2D eigenvalue weighted by Gasteiger charge is 2.13. The second kappa shape index (κ2) is 10.6. The average molecular weight is 552 g/mol. The first-order chi connectivity index (χ1) is 17.9. The van der Waals surface area contributed by atoms with Crippen LogP contribution in [-0.4, -0.2) is 16.0 Å². The van der Waals surface area contributed by atoms with E-state index in [2.05, 4.69) is 15.6 Å². The van der Waals surface area contributed by atoms with E-state index in [9.17, 15) is 9.18 Å². The number of halogens is 3. The van der Waals surface area contributed by atoms with Crippen LogP contribution in [0.3, 0.4) is 0 Å². The van der Waals surface area contributed by atoms with Gasteiger partial charge in [-0.3, -0.25) is 10.1 Å². The summed E-state index contributed by atoms with van der Waals surface area (Å²) in [5.74, 6) is 0.252. The van der Waals surface area contributed by atoms with Crippen LogP contribution in [0.25, 0.3) is 40.0 Å². The lowest BCUT2D eigenvalue weighted by atomic mass is 10.2. The van der Waals surface area contributed by atoms with Crippen molar-refractivity contribution >= 4 is 69.3 Å². The van der Waals surface area contributed by atoms with E-state index in [0.717, 1.165) is 0 Å². The molecule has 0 aliphatic rings. The monoisotopic (exact) mass is 551 g/mol. The van der Waals surface area contributed by atoms with Gasteiger partial charge in [-0.2, -0.15) is 0 Å². The molecule has 0 aliphatic heterocycles. The van der Waals surface area contributed by atoms with Gasteiger partial charge in [-0.05, 0) is 72.9 Å². The van der Waals surface area contributed by atoms with Gasteiger partial charge in [-0.1, -0.05) is 41.4 Å². The fraction of sp³-hybridized carbons (Fsp3) is 0. The number of hydrogen-bond acceptors (Lipinski definition) is 5. The van der Waals surface area contributed by atoms with Crippen LogP contribution in [0.4, 0.5) is 10.1 Å². The van der Waals surface area contributed by atoms with Crippen molar-refractivity contribution in [1.29, 1.82) is 0 Å². The van der Waals surface area contributed by atoms with Crippen molar-refractivity contribution in [3.8, 4) is 22.8 Å². The number of benzene rings is 3. The summed E-state index contributed by atoms with van der Waals surface area (Å²) in [5.41, 5.74) is 2.48. The van der Waals surface area contributed by atoms with Gasteiger partial charge in [0.1, 0.15) is 22.9 Å². The Morgan fingerprint density at radius 3 is 2.62 bits per heavy atom. The minimum Gasteiger partial charge on any atom is -0.457 e. The van der Waals surface area contributed by atoms with E-state index in [1.54, 1.807) is 66.7 Å². The third kappa shape index (κ3) is 5.56. The van der Waals surface area contributed by atoms with E-state index < -0.39 is 11.7 Å². The Balaban J connectivity index is 1.22. The van der Waals surface area contributed by atoms with Crippen molar-refractivity contribution in [1.82, 2.24) is 10.3 Å². The van der Waals surface area contributed by atoms with E-state index in [1.165, 1.54) is 18.2 Å². The predicted molar refractivity (Wildman–Crippen MR) is 147 cm³/mol. The van der Waals surface area contributed by atoms with E-state index in [1.807, 2.05) is 0 Å². The minimum atomic E-state index is -0.458. The summed E-state index contributed by atoms with van der Waals surface area (Å²) < 4.78 is 25.5. The number of thiocarbonyl (C=S) groups is 1. The highest BCUT2D eigenvalue weighted by atomic mass is 35.5. The second-order valence-corrected chi connectivity index (χ2v) is 8.95. The number of hydrogen-bond donors (Lipinski definition) is 2. The van der Waals surface area contributed by atoms with Gasteiger partial charge in [0.05, 0.1) is 15.6 Å². The smallest absolute Gasteiger partial charge is 0.250 e. The van der Waals surface area contributed by atoms with Crippen molar-refractivity contribution in [2.75, 3.05) is 5.32 Å². The molecule has 37 heavy (non-hydrogen) atoms. The molecule has 184 valence electrons. The third-order valence-electron chi connectivity index (χ3n) is 5.23. The van der Waals surface area contributed by atoms with Gasteiger partial charge in [0, 0.05) is 17.3 Å². The van der Waals surface area contributed by atoms with Crippen LogP contribution < -0.4 is 10.6 Å². The van der Waals surface area contributed by atoms with Crippen molar-refractivity contribution in [2.45, 2.75) is 0 Å². The minimum absolute atomic E-state index is 0.0812. The van der Waals surface area contributed by atoms with Gasteiger partial charge in [-0.25, -0.2) is 9.37 Å². The molecular weight excluding hydrogens is 536 g/mol. The Hall–Kier alpha value is -3.98. The number of carbonyl (C=O) groups excluding carboxylic acids is 1. The number of oxazole rings is 1. The van der Waals surface area contributed by atoms with Crippen molar-refractivity contribution in [2.24, 2.45) is 0 Å². The Labute approximate surface area is 225 Å². The Morgan fingerprint density at radius 2 is 1.78 bits per heavy atom. The lowest BCUT2D eigenvalue weighted by Gasteiger charge is -2.07. The quantitative estimate of drug-likeness (QED) is 0.172. The van der Waals surface area contributed by atoms with Crippen LogP contribution in [0.15, 0.2) is 87.7 Å². The molecule has 0 saturated carbocycles. The normalized spacial score (nSPS) is 11.2. The summed E-state index contributed by atoms with van der Waals surface area (Å²) in [5, 5.41) is 6.36. The van der Waals surface area contributed by atoms with Crippen molar-refractivity contribution < 1.29 is 18.0 Å². The predicted octanol–water partition coefficient (Wildman–Crippen LogP) is 7.73. The second-order valence-electron chi connectivity index (χ2n) is 7.76. The molecule has 2 N–H and O–H groups in total. The van der Waals surface area contributed by atoms with E-state index >= 15 is 0 Å². The highest BCUT2D eigenvalue weighted by Crippen LogP contribution is 2.34. The molecule has 0 atom stereocenters. The highest BCUT2D eigenvalue weighted by molar-refractivity contribution is 7.80. The Kier molecular flexibility index (Phi) is 7.05. The first kappa shape index (κ1) is 24.7. The molecule has 2 heterocycles. The molecule has 6 nitrogen and oxygen atoms in total. The Morgan fingerprint density at radius 1 is 0.973 bits per heavy atom. The standard InChI is InChI=1S/C27H16Cl2FN3O3S/c28-19-6-3-5-18(25(19)29)22-12-9-16(35-22)10-13-24(34)33-27(37)31-15-8-11-23-21(14-15)32-26(36-23)17-4-1-2-7-20(17)30/h1-14H,(H2,31,33,34,37). The third-order valence-corrected chi connectivity index (χ3v) is 6.25. The molecule has 2 aromatic heterocycles. The number of amides is 1. The topological polar surface area (TPSA) is 80.3 Å². The number of nitrogens with one attached hydrogen (secondary N) is 2. The first-order valence-corrected chi connectivity index (χ1v) is 12.0. The molecule has 0 saturated heterocycles. The maximum Gasteiger partial charge on any atom is 0.250 e. The number of nitrogens with zero attached hydrogens (tertiary/aromatic N) is 1. The molecule has 0 fully saturated rings. The van der Waals surface area contributed by atoms with Gasteiger partial charge >= 0.3 is 0 Å². The fourth-order valence-electron chi connectivity index (χ4n) is 3.51. The molecule has 0 aliphatic carbocycles. The lowest BCUT2D eigenvalue weighted by molar-refractivity contribution is -0.115. The van der Waals surface area contributed by atoms with Gasteiger partial charge in [0.15, 0.2) is 10.7 Å². The zero-order valence-electron chi connectivity index (χ0n) is 18.8. The summed E-state index contributed by atoms with van der Waals surface area (Å²) in [6, 6.07) is 20.0. The summed E-state index contributed by atoms with van der Waals surface area (Å²) in [6.07, 6.45) is 2.79. The van der Waals surface area contributed by atoms with E-state index in [-0.39, 0.29) is 16.6 Å². The largest absolute Gasteiger partial charge is 0.457 e. The number of fused-ring (bicyclic) bond motifs is 1. The van der Waals surface area contributed by atoms with Gasteiger partial charge < -0.3 is 14.2 Å². The number of furan rings is 1. The number of rotatable bonds is 5. The zero-order valence-corrected chi connectivity index (χ0v) is 21.1. The van der Waals surface area contributed by atoms with Gasteiger partial charge in [-0.15, -0.1) is 0 Å². The maximum atomic E-state index is 14.1. The van der Waals surface area contributed by atoms with Crippen molar-refractivity contribution in [3.63, 3.8) is 0 Å². The van der Waals surface area contributed by atoms with E-state index in [0.29, 0.717) is 43.9 Å². The molecule has 0 radical (unpaired) electrons. The molecule has 5 aromatic rings. The van der Waals surface area contributed by atoms with Crippen LogP contribution in [0.2, 0.25) is 10.0 Å². The molecule has 3 aromatic carbocycles. The summed E-state index contributed by atoms with van der Waals surface area (Å²) >= 11 is 17.5. The van der Waals surface area contributed by atoms with Crippen LogP contribution in [-0.2, 0) is 4.79 Å². The Bertz CT molecular complexity index is 1680. The van der Waals surface area contributed by atoms with E-state index in [4.69, 9.17) is 44.3 Å². The first-order valence-electron chi connectivity index (χ1n) is 10.9. The van der Waals surface area contributed by atoms with Crippen LogP contribution in [0, 0.1) is 5.82 Å². The molecular formula is C27H16Cl2FN3O3S. The van der Waals surface area contributed by atoms with Crippen molar-refractivity contribution in [3.05, 3.63) is 100 Å². The molecule has 0 bridgehead atoms. The van der Waals surface area contributed by atoms with Crippen LogP contribution in [0.1, 0.15) is 5.76 Å². The molecule has 1 amide bonds. The fourth-order valence-corrected chi connectivity index (χ4v) is 4.12. The summed E-state index contributed by atoms with van der Waals surface area (Å²) in [6.45, 7) is 0. The molecule has 0 unspecified atom stereocenters. The zero-order chi connectivity index (χ0) is 25.9. The average Bonchev–Trinajstić information content (AvgIpc) is 3.51. The lowest BCUT2D eigenvalue weighted by Crippen LogP contribution is -2.32. The molecule has 5 rings (SSSR count). The maximum absolute atomic E-state index is 14.1. The van der Waals surface area contributed by atoms with Gasteiger partial charge in [0.25, 0.3) is 0 Å². The van der Waals surface area contributed by atoms with Crippen LogP contribution >= 0.6 is 35.4 Å². The number of anilines is 1. The number of aromatic nitrogens is 1. The molecule has 10 heteroatoms. The SMILES string of the molecule is O=C(C=Cc1ccc(-c2cccc(Cl)c2Cl)o1)NC(=S)Nc1ccc2oc(-c3ccccc3F)nc2c1.